The lowest BCUT2D eigenvalue weighted by molar-refractivity contribution is 0.0439. The number of carbonyl (C=O) groups is 1. The Labute approximate surface area is 184 Å². The monoisotopic (exact) mass is 420 g/mol. The van der Waals surface area contributed by atoms with Crippen molar-refractivity contribution >= 4 is 17.4 Å². The summed E-state index contributed by atoms with van der Waals surface area (Å²) < 4.78 is 5.80. The molecule has 0 N–H and O–H groups in total. The van der Waals surface area contributed by atoms with Crippen LogP contribution in [0.4, 0.5) is 11.5 Å². The van der Waals surface area contributed by atoms with Gasteiger partial charge in [0.05, 0.1) is 5.60 Å². The van der Waals surface area contributed by atoms with E-state index in [4.69, 9.17) is 9.72 Å². The maximum absolute atomic E-state index is 13.0. The van der Waals surface area contributed by atoms with Crippen LogP contribution in [0.5, 0.6) is 0 Å². The third-order valence-corrected chi connectivity index (χ3v) is 6.65. The van der Waals surface area contributed by atoms with E-state index in [0.29, 0.717) is 6.73 Å². The fourth-order valence-corrected chi connectivity index (χ4v) is 4.65. The third kappa shape index (κ3) is 4.26. The van der Waals surface area contributed by atoms with Gasteiger partial charge >= 0.3 is 0 Å². The maximum atomic E-state index is 13.0. The topological polar surface area (TPSA) is 48.9 Å². The van der Waals surface area contributed by atoms with Crippen LogP contribution in [0.2, 0.25) is 0 Å². The van der Waals surface area contributed by atoms with Gasteiger partial charge in [-0.1, -0.05) is 6.07 Å². The highest BCUT2D eigenvalue weighted by atomic mass is 16.5. The van der Waals surface area contributed by atoms with Crippen LogP contribution in [0, 0.1) is 6.92 Å². The average Bonchev–Trinajstić information content (AvgIpc) is 3.56. The van der Waals surface area contributed by atoms with Gasteiger partial charge < -0.3 is 19.4 Å². The summed E-state index contributed by atoms with van der Waals surface area (Å²) in [6.45, 7) is 10.9. The molecule has 0 radical (unpaired) electrons. The number of ether oxygens (including phenoxy) is 1. The zero-order chi connectivity index (χ0) is 21.6. The molecule has 0 spiro atoms. The molecule has 2 aromatic rings. The number of aromatic nitrogens is 1. The highest BCUT2D eigenvalue weighted by Gasteiger charge is 2.30. The largest absolute Gasteiger partial charge is 0.353 e. The van der Waals surface area contributed by atoms with Crippen molar-refractivity contribution in [3.63, 3.8) is 0 Å². The molecule has 1 aromatic carbocycles. The first kappa shape index (κ1) is 20.3. The van der Waals surface area contributed by atoms with Gasteiger partial charge in [0, 0.05) is 50.2 Å². The molecular formula is C25H32N4O2. The quantitative estimate of drug-likeness (QED) is 0.753. The lowest BCUT2D eigenvalue weighted by atomic mass is 10.1. The molecule has 0 atom stereocenters. The first-order chi connectivity index (χ1) is 14.9. The molecule has 3 aliphatic rings. The first-order valence-corrected chi connectivity index (χ1v) is 11.4. The lowest BCUT2D eigenvalue weighted by Gasteiger charge is -2.36. The van der Waals surface area contributed by atoms with Crippen molar-refractivity contribution in [2.75, 3.05) is 49.3 Å². The van der Waals surface area contributed by atoms with Crippen molar-refractivity contribution in [3.05, 3.63) is 53.2 Å². The molecule has 0 unspecified atom stereocenters. The van der Waals surface area contributed by atoms with Gasteiger partial charge in [-0.25, -0.2) is 4.98 Å². The number of hydrogen-bond acceptors (Lipinski definition) is 5. The molecule has 6 heteroatoms. The van der Waals surface area contributed by atoms with E-state index in [2.05, 4.69) is 36.6 Å². The summed E-state index contributed by atoms with van der Waals surface area (Å²) >= 11 is 0. The Morgan fingerprint density at radius 2 is 1.77 bits per heavy atom. The zero-order valence-corrected chi connectivity index (χ0v) is 18.8. The molecule has 164 valence electrons. The van der Waals surface area contributed by atoms with Crippen molar-refractivity contribution in [1.82, 2.24) is 9.88 Å². The van der Waals surface area contributed by atoms with Gasteiger partial charge in [-0.2, -0.15) is 0 Å². The summed E-state index contributed by atoms with van der Waals surface area (Å²) in [6, 6.07) is 10.2. The molecule has 5 rings (SSSR count). The number of anilines is 2. The Bertz CT molecular complexity index is 960. The van der Waals surface area contributed by atoms with Crippen LogP contribution in [-0.2, 0) is 4.74 Å². The number of aryl methyl sites for hydroxylation is 1. The van der Waals surface area contributed by atoms with Crippen LogP contribution in [0.25, 0.3) is 0 Å². The van der Waals surface area contributed by atoms with Crippen LogP contribution in [0.1, 0.15) is 54.1 Å². The number of rotatable bonds is 4. The van der Waals surface area contributed by atoms with E-state index >= 15 is 0 Å². The van der Waals surface area contributed by atoms with E-state index < -0.39 is 0 Å². The average molecular weight is 421 g/mol. The molecule has 1 saturated carbocycles. The number of nitrogens with zero attached hydrogens (tertiary/aromatic N) is 4. The molecule has 1 aliphatic carbocycles. The minimum absolute atomic E-state index is 0.109. The van der Waals surface area contributed by atoms with Crippen molar-refractivity contribution in [3.8, 4) is 0 Å². The number of benzene rings is 1. The van der Waals surface area contributed by atoms with Crippen molar-refractivity contribution in [2.45, 2.75) is 45.1 Å². The smallest absolute Gasteiger partial charge is 0.253 e. The Morgan fingerprint density at radius 3 is 2.35 bits per heavy atom. The van der Waals surface area contributed by atoms with Gasteiger partial charge in [0.15, 0.2) is 0 Å². The molecule has 6 nitrogen and oxygen atoms in total. The van der Waals surface area contributed by atoms with Crippen molar-refractivity contribution in [1.29, 1.82) is 0 Å². The molecule has 31 heavy (non-hydrogen) atoms. The van der Waals surface area contributed by atoms with Gasteiger partial charge in [-0.05, 0) is 74.9 Å². The maximum Gasteiger partial charge on any atom is 0.253 e. The second-order valence-corrected chi connectivity index (χ2v) is 9.74. The molecule has 0 bridgehead atoms. The number of hydrogen-bond donors (Lipinski definition) is 0. The van der Waals surface area contributed by atoms with Crippen LogP contribution >= 0.6 is 0 Å². The van der Waals surface area contributed by atoms with Gasteiger partial charge in [-0.15, -0.1) is 0 Å². The number of piperazine rings is 1. The molecule has 3 heterocycles. The molecular weight excluding hydrogens is 388 g/mol. The Morgan fingerprint density at radius 1 is 1.06 bits per heavy atom. The van der Waals surface area contributed by atoms with E-state index in [0.717, 1.165) is 55.7 Å². The van der Waals surface area contributed by atoms with Crippen LogP contribution < -0.4 is 9.80 Å². The van der Waals surface area contributed by atoms with Crippen LogP contribution in [0.15, 0.2) is 36.5 Å². The molecule has 3 fully saturated rings. The highest BCUT2D eigenvalue weighted by molar-refractivity contribution is 5.94. The third-order valence-electron chi connectivity index (χ3n) is 6.65. The fraction of sp³-hybridized carbons (Fsp3) is 0.520. The molecule has 1 aromatic heterocycles. The molecule has 1 amide bonds. The Balaban J connectivity index is 1.19. The van der Waals surface area contributed by atoms with E-state index in [1.807, 2.05) is 35.4 Å². The van der Waals surface area contributed by atoms with E-state index in [9.17, 15) is 4.79 Å². The normalized spacial score (nSPS) is 20.9. The summed E-state index contributed by atoms with van der Waals surface area (Å²) in [6.07, 6.45) is 4.64. The number of amides is 1. The predicted octanol–water partition coefficient (Wildman–Crippen LogP) is 3.80. The summed E-state index contributed by atoms with van der Waals surface area (Å²) in [5.41, 5.74) is 4.35. The zero-order valence-electron chi connectivity index (χ0n) is 18.8. The second-order valence-electron chi connectivity index (χ2n) is 9.74. The van der Waals surface area contributed by atoms with E-state index in [1.54, 1.807) is 0 Å². The highest BCUT2D eigenvalue weighted by Crippen LogP contribution is 2.40. The van der Waals surface area contributed by atoms with Gasteiger partial charge in [0.1, 0.15) is 12.5 Å². The van der Waals surface area contributed by atoms with Crippen molar-refractivity contribution < 1.29 is 9.53 Å². The van der Waals surface area contributed by atoms with E-state index in [-0.39, 0.29) is 11.5 Å². The predicted molar refractivity (Wildman–Crippen MR) is 123 cm³/mol. The van der Waals surface area contributed by atoms with Crippen LogP contribution in [-0.4, -0.2) is 60.8 Å². The number of pyridine rings is 1. The molecule has 2 saturated heterocycles. The van der Waals surface area contributed by atoms with E-state index in [1.165, 1.54) is 24.0 Å². The molecule has 2 aliphatic heterocycles. The fourth-order valence-electron chi connectivity index (χ4n) is 4.65. The summed E-state index contributed by atoms with van der Waals surface area (Å²) in [5, 5.41) is 0. The minimum Gasteiger partial charge on any atom is -0.353 e. The van der Waals surface area contributed by atoms with Crippen LogP contribution in [0.3, 0.4) is 0 Å². The Hall–Kier alpha value is -2.60. The summed E-state index contributed by atoms with van der Waals surface area (Å²) in [7, 11) is 0. The Kier molecular flexibility index (Phi) is 5.13. The minimum atomic E-state index is -0.125. The standard InChI is InChI=1S/C25H32N4O2/c1-18-14-21(19-4-5-19)15-26-23(18)27-10-12-28(13-11-27)24(30)20-6-8-22(9-7-20)29-16-25(2,3)31-17-29/h6-9,14-15,19H,4-5,10-13,16-17H2,1-3H3. The lowest BCUT2D eigenvalue weighted by Crippen LogP contribution is -2.49. The van der Waals surface area contributed by atoms with Gasteiger partial charge in [0.25, 0.3) is 5.91 Å². The van der Waals surface area contributed by atoms with Gasteiger partial charge in [-0.3, -0.25) is 4.79 Å². The summed E-state index contributed by atoms with van der Waals surface area (Å²) in [5.74, 6) is 1.90. The second kappa shape index (κ2) is 7.83. The number of carbonyl (C=O) groups excluding carboxylic acids is 1. The summed E-state index contributed by atoms with van der Waals surface area (Å²) in [4.78, 5) is 24.3. The van der Waals surface area contributed by atoms with Gasteiger partial charge in [0.2, 0.25) is 0 Å². The SMILES string of the molecule is Cc1cc(C2CC2)cnc1N1CCN(C(=O)c2ccc(N3COC(C)(C)C3)cc2)CC1. The first-order valence-electron chi connectivity index (χ1n) is 11.4. The van der Waals surface area contributed by atoms with Crippen molar-refractivity contribution in [2.24, 2.45) is 0 Å².